The number of nitrogens with zero attached hydrogens (tertiary/aromatic N) is 1. The molecule has 25 heavy (non-hydrogen) atoms. The number of hydrogen-bond acceptors (Lipinski definition) is 4. The molecule has 0 aliphatic carbocycles. The molecule has 0 spiro atoms. The van der Waals surface area contributed by atoms with Crippen LogP contribution in [0.4, 0.5) is 0 Å². The van der Waals surface area contributed by atoms with E-state index in [0.29, 0.717) is 15.8 Å². The minimum absolute atomic E-state index is 0.0662. The lowest BCUT2D eigenvalue weighted by molar-refractivity contribution is 0.577. The standard InChI is InChI=1S/C18H16N2O4S/c1-13-7-9-15(10-8-13)25(23,24)12-20-17(21)11-16(19-18(20)22)14-5-3-2-4-6-14/h2-11H,12H2,1H3,(H,19,22). The third-order valence-corrected chi connectivity index (χ3v) is 5.37. The van der Waals surface area contributed by atoms with Crippen molar-refractivity contribution in [3.63, 3.8) is 0 Å². The molecular weight excluding hydrogens is 340 g/mol. The SMILES string of the molecule is Cc1ccc(S(=O)(=O)Cn2c(=O)cc(-c3ccccc3)[nH]c2=O)cc1. The summed E-state index contributed by atoms with van der Waals surface area (Å²) < 4.78 is 25.6. The van der Waals surface area contributed by atoms with Gasteiger partial charge in [-0.25, -0.2) is 17.8 Å². The number of nitrogens with one attached hydrogen (secondary N) is 1. The highest BCUT2D eigenvalue weighted by Gasteiger charge is 2.18. The van der Waals surface area contributed by atoms with Gasteiger partial charge in [0.25, 0.3) is 5.56 Å². The van der Waals surface area contributed by atoms with Crippen LogP contribution < -0.4 is 11.2 Å². The fourth-order valence-electron chi connectivity index (χ4n) is 2.41. The Labute approximate surface area is 144 Å². The largest absolute Gasteiger partial charge is 0.329 e. The average molecular weight is 356 g/mol. The topological polar surface area (TPSA) is 89.0 Å². The van der Waals surface area contributed by atoms with Crippen LogP contribution in [0.5, 0.6) is 0 Å². The summed E-state index contributed by atoms with van der Waals surface area (Å²) in [6.07, 6.45) is 0. The third kappa shape index (κ3) is 3.61. The molecule has 0 saturated heterocycles. The number of hydrogen-bond donors (Lipinski definition) is 1. The maximum Gasteiger partial charge on any atom is 0.329 e. The first kappa shape index (κ1) is 16.9. The normalized spacial score (nSPS) is 11.4. The highest BCUT2D eigenvalue weighted by atomic mass is 32.2. The third-order valence-electron chi connectivity index (χ3n) is 3.78. The van der Waals surface area contributed by atoms with Gasteiger partial charge in [-0.3, -0.25) is 4.79 Å². The summed E-state index contributed by atoms with van der Waals surface area (Å²) >= 11 is 0. The Balaban J connectivity index is 2.00. The fraction of sp³-hybridized carbons (Fsp3) is 0.111. The van der Waals surface area contributed by atoms with Crippen LogP contribution in [-0.4, -0.2) is 18.0 Å². The quantitative estimate of drug-likeness (QED) is 0.774. The van der Waals surface area contributed by atoms with Crippen LogP contribution in [0.3, 0.4) is 0 Å². The summed E-state index contributed by atoms with van der Waals surface area (Å²) in [5.74, 6) is -0.709. The van der Waals surface area contributed by atoms with Crippen LogP contribution in [0, 0.1) is 6.92 Å². The molecule has 0 saturated carbocycles. The molecule has 0 aliphatic rings. The van der Waals surface area contributed by atoms with Crippen molar-refractivity contribution in [2.75, 3.05) is 0 Å². The summed E-state index contributed by atoms with van der Waals surface area (Å²) in [6, 6.07) is 16.3. The van der Waals surface area contributed by atoms with Crippen molar-refractivity contribution >= 4 is 9.84 Å². The number of rotatable bonds is 4. The van der Waals surface area contributed by atoms with Gasteiger partial charge in [-0.2, -0.15) is 0 Å². The van der Waals surface area contributed by atoms with E-state index in [9.17, 15) is 18.0 Å². The molecule has 128 valence electrons. The zero-order valence-electron chi connectivity index (χ0n) is 13.5. The number of aryl methyl sites for hydroxylation is 1. The van der Waals surface area contributed by atoms with Crippen LogP contribution in [0.2, 0.25) is 0 Å². The monoisotopic (exact) mass is 356 g/mol. The van der Waals surface area contributed by atoms with Crippen molar-refractivity contribution in [2.45, 2.75) is 17.7 Å². The van der Waals surface area contributed by atoms with Gasteiger partial charge < -0.3 is 4.98 Å². The molecule has 0 amide bonds. The lowest BCUT2D eigenvalue weighted by Gasteiger charge is -2.08. The maximum atomic E-state index is 12.5. The molecule has 1 aromatic heterocycles. The Kier molecular flexibility index (Phi) is 4.41. The molecule has 2 aromatic carbocycles. The predicted molar refractivity (Wildman–Crippen MR) is 95.1 cm³/mol. The fourth-order valence-corrected chi connectivity index (χ4v) is 3.69. The van der Waals surface area contributed by atoms with Gasteiger partial charge in [0.2, 0.25) is 0 Å². The summed E-state index contributed by atoms with van der Waals surface area (Å²) in [4.78, 5) is 27.1. The lowest BCUT2D eigenvalue weighted by atomic mass is 10.1. The van der Waals surface area contributed by atoms with E-state index in [2.05, 4.69) is 4.98 Å². The predicted octanol–water partition coefficient (Wildman–Crippen LogP) is 1.94. The van der Waals surface area contributed by atoms with Crippen LogP contribution >= 0.6 is 0 Å². The second kappa shape index (κ2) is 6.52. The van der Waals surface area contributed by atoms with Crippen molar-refractivity contribution in [3.05, 3.63) is 87.1 Å². The zero-order valence-corrected chi connectivity index (χ0v) is 14.3. The highest BCUT2D eigenvalue weighted by molar-refractivity contribution is 7.90. The molecule has 0 fully saturated rings. The lowest BCUT2D eigenvalue weighted by Crippen LogP contribution is -2.37. The molecule has 0 aliphatic heterocycles. The first-order valence-corrected chi connectivity index (χ1v) is 9.21. The van der Waals surface area contributed by atoms with Crippen molar-refractivity contribution in [2.24, 2.45) is 0 Å². The highest BCUT2D eigenvalue weighted by Crippen LogP contribution is 2.14. The number of H-pyrrole nitrogens is 1. The van der Waals surface area contributed by atoms with E-state index >= 15 is 0 Å². The van der Waals surface area contributed by atoms with Gasteiger partial charge in [0.1, 0.15) is 5.88 Å². The van der Waals surface area contributed by atoms with Crippen LogP contribution in [0.25, 0.3) is 11.3 Å². The number of aromatic nitrogens is 2. The molecule has 7 heteroatoms. The van der Waals surface area contributed by atoms with Gasteiger partial charge >= 0.3 is 5.69 Å². The smallest absolute Gasteiger partial charge is 0.307 e. The van der Waals surface area contributed by atoms with Crippen molar-refractivity contribution in [3.8, 4) is 11.3 Å². The Morgan fingerprint density at radius 3 is 2.20 bits per heavy atom. The minimum atomic E-state index is -3.81. The number of aromatic amines is 1. The maximum absolute atomic E-state index is 12.5. The summed E-state index contributed by atoms with van der Waals surface area (Å²) in [7, 11) is -3.81. The van der Waals surface area contributed by atoms with Gasteiger partial charge in [-0.05, 0) is 24.6 Å². The molecule has 6 nitrogen and oxygen atoms in total. The van der Waals surface area contributed by atoms with Gasteiger partial charge in [0.15, 0.2) is 9.84 Å². The van der Waals surface area contributed by atoms with Gasteiger partial charge in [-0.1, -0.05) is 48.0 Å². The second-order valence-electron chi connectivity index (χ2n) is 5.68. The Hall–Kier alpha value is -2.93. The zero-order chi connectivity index (χ0) is 18.0. The molecule has 0 radical (unpaired) electrons. The van der Waals surface area contributed by atoms with E-state index in [1.807, 2.05) is 13.0 Å². The van der Waals surface area contributed by atoms with Crippen molar-refractivity contribution in [1.82, 2.24) is 9.55 Å². The molecule has 3 rings (SSSR count). The summed E-state index contributed by atoms with van der Waals surface area (Å²) in [6.45, 7) is 1.84. The first-order chi connectivity index (χ1) is 11.9. The van der Waals surface area contributed by atoms with Crippen LogP contribution in [-0.2, 0) is 15.7 Å². The second-order valence-corrected chi connectivity index (χ2v) is 7.64. The Bertz CT molecular complexity index is 1080. The van der Waals surface area contributed by atoms with E-state index in [1.54, 1.807) is 36.4 Å². The van der Waals surface area contributed by atoms with Gasteiger partial charge in [0.05, 0.1) is 10.6 Å². The molecule has 0 atom stereocenters. The Morgan fingerprint density at radius 2 is 1.60 bits per heavy atom. The molecule has 1 N–H and O–H groups in total. The van der Waals surface area contributed by atoms with Crippen molar-refractivity contribution < 1.29 is 8.42 Å². The molecule has 3 aromatic rings. The molecule has 0 bridgehead atoms. The molecule has 0 unspecified atom stereocenters. The van der Waals surface area contributed by atoms with E-state index in [0.717, 1.165) is 5.56 Å². The molecular formula is C18H16N2O4S. The Morgan fingerprint density at radius 1 is 0.960 bits per heavy atom. The van der Waals surface area contributed by atoms with Crippen LogP contribution in [0.1, 0.15) is 5.56 Å². The average Bonchev–Trinajstić information content (AvgIpc) is 2.59. The van der Waals surface area contributed by atoms with Gasteiger partial charge in [-0.15, -0.1) is 0 Å². The summed E-state index contributed by atoms with van der Waals surface area (Å²) in [5.41, 5.74) is 0.506. The van der Waals surface area contributed by atoms with E-state index in [1.165, 1.54) is 18.2 Å². The first-order valence-electron chi connectivity index (χ1n) is 7.56. The number of benzene rings is 2. The summed E-state index contributed by atoms with van der Waals surface area (Å²) in [5, 5.41) is 0. The minimum Gasteiger partial charge on any atom is -0.307 e. The van der Waals surface area contributed by atoms with E-state index in [-0.39, 0.29) is 4.90 Å². The van der Waals surface area contributed by atoms with Crippen LogP contribution in [0.15, 0.2) is 75.1 Å². The van der Waals surface area contributed by atoms with Crippen molar-refractivity contribution in [1.29, 1.82) is 0 Å². The number of sulfone groups is 1. The van der Waals surface area contributed by atoms with Gasteiger partial charge in [0, 0.05) is 6.07 Å². The van der Waals surface area contributed by atoms with E-state index in [4.69, 9.17) is 0 Å². The molecule has 1 heterocycles. The van der Waals surface area contributed by atoms with E-state index < -0.39 is 27.0 Å².